The van der Waals surface area contributed by atoms with E-state index in [1.165, 1.54) is 11.8 Å². The Balaban J connectivity index is 1.62. The molecule has 0 bridgehead atoms. The minimum absolute atomic E-state index is 0.106. The third-order valence-electron chi connectivity index (χ3n) is 5.06. The number of pyridine rings is 1. The summed E-state index contributed by atoms with van der Waals surface area (Å²) in [6.07, 6.45) is 3.39. The first-order valence-electron chi connectivity index (χ1n) is 10.3. The van der Waals surface area contributed by atoms with Crippen molar-refractivity contribution < 1.29 is 14.3 Å². The van der Waals surface area contributed by atoms with Gasteiger partial charge in [0.05, 0.1) is 31.3 Å². The Bertz CT molecular complexity index is 1310. The molecule has 8 nitrogen and oxygen atoms in total. The zero-order valence-corrected chi connectivity index (χ0v) is 20.4. The van der Waals surface area contributed by atoms with Crippen LogP contribution in [0.1, 0.15) is 5.56 Å². The molecule has 10 heteroatoms. The van der Waals surface area contributed by atoms with Gasteiger partial charge in [0.1, 0.15) is 11.5 Å². The van der Waals surface area contributed by atoms with Crippen LogP contribution in [0.2, 0.25) is 5.02 Å². The van der Waals surface area contributed by atoms with E-state index in [0.717, 1.165) is 16.8 Å². The van der Waals surface area contributed by atoms with Gasteiger partial charge in [-0.3, -0.25) is 14.3 Å². The molecule has 174 valence electrons. The summed E-state index contributed by atoms with van der Waals surface area (Å²) >= 11 is 7.66. The fraction of sp³-hybridized carbons (Fsp3) is 0.167. The number of ether oxygens (including phenoxy) is 2. The van der Waals surface area contributed by atoms with Crippen LogP contribution in [0.3, 0.4) is 0 Å². The van der Waals surface area contributed by atoms with Crippen molar-refractivity contribution in [1.29, 1.82) is 0 Å². The quantitative estimate of drug-likeness (QED) is 0.342. The van der Waals surface area contributed by atoms with Crippen molar-refractivity contribution in [3.05, 3.63) is 71.5 Å². The maximum absolute atomic E-state index is 12.8. The second-order valence-electron chi connectivity index (χ2n) is 7.16. The number of anilines is 1. The lowest BCUT2D eigenvalue weighted by atomic mass is 10.2. The first-order chi connectivity index (χ1) is 16.5. The number of hydrogen-bond donors (Lipinski definition) is 1. The topological polar surface area (TPSA) is 91.2 Å². The number of nitrogens with zero attached hydrogens (tertiary/aromatic N) is 4. The van der Waals surface area contributed by atoms with Crippen LogP contribution in [0, 0.1) is 6.92 Å². The summed E-state index contributed by atoms with van der Waals surface area (Å²) in [5.74, 6) is 1.66. The molecule has 0 radical (unpaired) electrons. The van der Waals surface area contributed by atoms with E-state index in [9.17, 15) is 4.79 Å². The molecule has 2 heterocycles. The molecule has 4 aromatic rings. The lowest BCUT2D eigenvalue weighted by Crippen LogP contribution is -2.15. The van der Waals surface area contributed by atoms with Crippen molar-refractivity contribution >= 4 is 35.0 Å². The molecule has 0 aliphatic heterocycles. The highest BCUT2D eigenvalue weighted by Gasteiger charge is 2.20. The lowest BCUT2D eigenvalue weighted by molar-refractivity contribution is -0.113. The Morgan fingerprint density at radius 1 is 1.09 bits per heavy atom. The molecule has 1 amide bonds. The molecule has 0 saturated heterocycles. The minimum Gasteiger partial charge on any atom is -0.497 e. The van der Waals surface area contributed by atoms with Crippen molar-refractivity contribution in [3.63, 3.8) is 0 Å². The van der Waals surface area contributed by atoms with Gasteiger partial charge in [-0.1, -0.05) is 29.4 Å². The molecule has 0 aliphatic rings. The van der Waals surface area contributed by atoms with Crippen LogP contribution in [-0.2, 0) is 4.79 Å². The van der Waals surface area contributed by atoms with E-state index in [-0.39, 0.29) is 11.7 Å². The van der Waals surface area contributed by atoms with Gasteiger partial charge < -0.3 is 14.8 Å². The molecule has 0 aliphatic carbocycles. The molecular weight excluding hydrogens is 474 g/mol. The summed E-state index contributed by atoms with van der Waals surface area (Å²) in [4.78, 5) is 16.9. The summed E-state index contributed by atoms with van der Waals surface area (Å²) < 4.78 is 12.5. The van der Waals surface area contributed by atoms with Crippen molar-refractivity contribution in [2.24, 2.45) is 0 Å². The number of aromatic nitrogens is 4. The summed E-state index contributed by atoms with van der Waals surface area (Å²) in [7, 11) is 3.11. The number of carbonyl (C=O) groups excluding carboxylic acids is 1. The molecule has 2 aromatic carbocycles. The van der Waals surface area contributed by atoms with Crippen LogP contribution < -0.4 is 14.8 Å². The van der Waals surface area contributed by atoms with Crippen LogP contribution in [-0.4, -0.2) is 45.6 Å². The second-order valence-corrected chi connectivity index (χ2v) is 8.51. The second kappa shape index (κ2) is 10.6. The maximum Gasteiger partial charge on any atom is 0.234 e. The fourth-order valence-corrected chi connectivity index (χ4v) is 4.25. The zero-order chi connectivity index (χ0) is 24.1. The van der Waals surface area contributed by atoms with Gasteiger partial charge in [-0.25, -0.2) is 0 Å². The average Bonchev–Trinajstić information content (AvgIpc) is 3.28. The number of halogens is 1. The predicted octanol–water partition coefficient (Wildman–Crippen LogP) is 5.04. The van der Waals surface area contributed by atoms with E-state index in [1.807, 2.05) is 41.8 Å². The standard InChI is InChI=1S/C24H22ClN5O3S/c1-15-18(25)5-4-6-20(15)30-23(16-9-11-26-12-10-16)28-29-24(30)34-14-22(31)27-19-13-17(32-2)7-8-21(19)33-3/h4-13H,14H2,1-3H3,(H,27,31). The van der Waals surface area contributed by atoms with Crippen LogP contribution in [0.5, 0.6) is 11.5 Å². The summed E-state index contributed by atoms with van der Waals surface area (Å²) in [5.41, 5.74) is 3.09. The highest BCUT2D eigenvalue weighted by molar-refractivity contribution is 7.99. The Morgan fingerprint density at radius 2 is 1.88 bits per heavy atom. The van der Waals surface area contributed by atoms with E-state index in [4.69, 9.17) is 21.1 Å². The largest absolute Gasteiger partial charge is 0.497 e. The van der Waals surface area contributed by atoms with Gasteiger partial charge in [0.15, 0.2) is 11.0 Å². The first-order valence-corrected chi connectivity index (χ1v) is 11.6. The highest BCUT2D eigenvalue weighted by Crippen LogP contribution is 2.32. The maximum atomic E-state index is 12.8. The fourth-order valence-electron chi connectivity index (χ4n) is 3.34. The third kappa shape index (κ3) is 5.00. The number of rotatable bonds is 8. The summed E-state index contributed by atoms with van der Waals surface area (Å²) in [6, 6.07) is 14.6. The highest BCUT2D eigenvalue weighted by atomic mass is 35.5. The number of carbonyl (C=O) groups is 1. The number of benzene rings is 2. The molecule has 0 spiro atoms. The lowest BCUT2D eigenvalue weighted by Gasteiger charge is -2.14. The SMILES string of the molecule is COc1ccc(OC)c(NC(=O)CSc2nnc(-c3ccncc3)n2-c2cccc(Cl)c2C)c1. The van der Waals surface area contributed by atoms with E-state index >= 15 is 0 Å². The molecule has 0 unspecified atom stereocenters. The van der Waals surface area contributed by atoms with Gasteiger partial charge >= 0.3 is 0 Å². The number of methoxy groups -OCH3 is 2. The third-order valence-corrected chi connectivity index (χ3v) is 6.40. The number of nitrogens with one attached hydrogen (secondary N) is 1. The number of amides is 1. The smallest absolute Gasteiger partial charge is 0.234 e. The Labute approximate surface area is 206 Å². The van der Waals surface area contributed by atoms with Gasteiger partial charge in [0.2, 0.25) is 5.91 Å². The van der Waals surface area contributed by atoms with Gasteiger partial charge in [-0.05, 0) is 48.9 Å². The van der Waals surface area contributed by atoms with Gasteiger partial charge in [-0.2, -0.15) is 0 Å². The van der Waals surface area contributed by atoms with Gasteiger partial charge in [0.25, 0.3) is 0 Å². The molecule has 34 heavy (non-hydrogen) atoms. The van der Waals surface area contributed by atoms with Gasteiger partial charge in [0, 0.05) is 29.0 Å². The van der Waals surface area contributed by atoms with Crippen molar-refractivity contribution in [3.8, 4) is 28.6 Å². The number of hydrogen-bond acceptors (Lipinski definition) is 7. The van der Waals surface area contributed by atoms with E-state index in [2.05, 4.69) is 20.5 Å². The Morgan fingerprint density at radius 3 is 2.62 bits per heavy atom. The van der Waals surface area contributed by atoms with Gasteiger partial charge in [-0.15, -0.1) is 10.2 Å². The van der Waals surface area contributed by atoms with Crippen LogP contribution in [0.15, 0.2) is 66.1 Å². The summed E-state index contributed by atoms with van der Waals surface area (Å²) in [6.45, 7) is 1.93. The van der Waals surface area contributed by atoms with E-state index < -0.39 is 0 Å². The zero-order valence-electron chi connectivity index (χ0n) is 18.8. The van der Waals surface area contributed by atoms with E-state index in [1.54, 1.807) is 44.8 Å². The molecule has 0 saturated carbocycles. The van der Waals surface area contributed by atoms with Crippen molar-refractivity contribution in [2.45, 2.75) is 12.1 Å². The van der Waals surface area contributed by atoms with Crippen LogP contribution in [0.25, 0.3) is 17.1 Å². The van der Waals surface area contributed by atoms with Crippen molar-refractivity contribution in [2.75, 3.05) is 25.3 Å². The van der Waals surface area contributed by atoms with E-state index in [0.29, 0.717) is 33.2 Å². The monoisotopic (exact) mass is 495 g/mol. The molecule has 4 rings (SSSR count). The Hall–Kier alpha value is -3.56. The van der Waals surface area contributed by atoms with Crippen molar-refractivity contribution in [1.82, 2.24) is 19.7 Å². The molecule has 0 fully saturated rings. The minimum atomic E-state index is -0.223. The molecule has 1 N–H and O–H groups in total. The number of thioether (sulfide) groups is 1. The normalized spacial score (nSPS) is 10.7. The molecular formula is C24H22ClN5O3S. The molecule has 2 aromatic heterocycles. The molecule has 0 atom stereocenters. The summed E-state index contributed by atoms with van der Waals surface area (Å²) in [5, 5.41) is 12.8. The van der Waals surface area contributed by atoms with Crippen LogP contribution >= 0.6 is 23.4 Å². The average molecular weight is 496 g/mol. The van der Waals surface area contributed by atoms with Crippen LogP contribution in [0.4, 0.5) is 5.69 Å². The Kier molecular flexibility index (Phi) is 7.34. The predicted molar refractivity (Wildman–Crippen MR) is 133 cm³/mol. The first kappa shape index (κ1) is 23.6.